The first-order chi connectivity index (χ1) is 16.5. The molecule has 0 radical (unpaired) electrons. The van der Waals surface area contributed by atoms with Crippen molar-refractivity contribution >= 4 is 23.9 Å². The third-order valence-electron chi connectivity index (χ3n) is 5.52. The van der Waals surface area contributed by atoms with Gasteiger partial charge in [0.2, 0.25) is 11.8 Å². The lowest BCUT2D eigenvalue weighted by atomic mass is 10.1. The minimum Gasteiger partial charge on any atom is -0.493 e. The molecular weight excluding hydrogens is 436 g/mol. The largest absolute Gasteiger partial charge is 0.493 e. The fourth-order valence-corrected chi connectivity index (χ4v) is 3.72. The monoisotopic (exact) mass is 466 g/mol. The molecule has 2 aromatic rings. The van der Waals surface area contributed by atoms with E-state index in [-0.39, 0.29) is 24.8 Å². The van der Waals surface area contributed by atoms with Gasteiger partial charge in [-0.2, -0.15) is 0 Å². The van der Waals surface area contributed by atoms with Crippen LogP contribution in [0, 0.1) is 0 Å². The lowest BCUT2D eigenvalue weighted by Crippen LogP contribution is -2.57. The average molecular weight is 467 g/mol. The first kappa shape index (κ1) is 24.8. The topological polar surface area (TPSA) is 94.2 Å². The number of nitrogens with zero attached hydrogens (tertiary/aromatic N) is 1. The third kappa shape index (κ3) is 6.84. The number of aryl methyl sites for hydroxylation is 1. The fraction of sp³-hybridized carbons (Fsp3) is 0.346. The zero-order valence-electron chi connectivity index (χ0n) is 19.5. The SMILES string of the molecule is COc1ccc(/C=C/C(=O)N2CCNC(=O)C2CC(=O)OCCCc2ccccc2)cc1OC. The first-order valence-corrected chi connectivity index (χ1v) is 11.2. The molecule has 1 heterocycles. The highest BCUT2D eigenvalue weighted by Gasteiger charge is 2.34. The summed E-state index contributed by atoms with van der Waals surface area (Å²) in [5, 5.41) is 2.72. The van der Waals surface area contributed by atoms with E-state index in [0.717, 1.165) is 12.0 Å². The molecule has 1 saturated heterocycles. The van der Waals surface area contributed by atoms with E-state index >= 15 is 0 Å². The van der Waals surface area contributed by atoms with E-state index in [1.165, 1.54) is 23.6 Å². The van der Waals surface area contributed by atoms with Gasteiger partial charge in [0.25, 0.3) is 0 Å². The number of hydrogen-bond donors (Lipinski definition) is 1. The number of ether oxygens (including phenoxy) is 3. The van der Waals surface area contributed by atoms with E-state index in [1.54, 1.807) is 31.4 Å². The van der Waals surface area contributed by atoms with Crippen LogP contribution in [-0.2, 0) is 25.5 Å². The molecule has 0 aromatic heterocycles. The van der Waals surface area contributed by atoms with Gasteiger partial charge >= 0.3 is 5.97 Å². The molecule has 1 fully saturated rings. The van der Waals surface area contributed by atoms with Crippen LogP contribution >= 0.6 is 0 Å². The summed E-state index contributed by atoms with van der Waals surface area (Å²) in [6, 6.07) is 14.3. The number of hydrogen-bond acceptors (Lipinski definition) is 6. The molecule has 0 aliphatic carbocycles. The molecule has 0 saturated carbocycles. The van der Waals surface area contributed by atoms with Crippen LogP contribution in [0.3, 0.4) is 0 Å². The Kier molecular flexibility index (Phi) is 9.08. The molecule has 34 heavy (non-hydrogen) atoms. The minimum absolute atomic E-state index is 0.187. The maximum atomic E-state index is 12.9. The highest BCUT2D eigenvalue weighted by atomic mass is 16.5. The lowest BCUT2D eigenvalue weighted by molar-refractivity contribution is -0.150. The van der Waals surface area contributed by atoms with Crippen molar-refractivity contribution in [1.82, 2.24) is 10.2 Å². The van der Waals surface area contributed by atoms with Crippen LogP contribution < -0.4 is 14.8 Å². The van der Waals surface area contributed by atoms with Gasteiger partial charge in [-0.1, -0.05) is 36.4 Å². The second-order valence-corrected chi connectivity index (χ2v) is 7.80. The van der Waals surface area contributed by atoms with Crippen molar-refractivity contribution in [2.45, 2.75) is 25.3 Å². The van der Waals surface area contributed by atoms with Gasteiger partial charge in [0.15, 0.2) is 11.5 Å². The van der Waals surface area contributed by atoms with Crippen LogP contribution in [-0.4, -0.2) is 62.6 Å². The molecule has 1 unspecified atom stereocenters. The van der Waals surface area contributed by atoms with Gasteiger partial charge in [-0.25, -0.2) is 0 Å². The second-order valence-electron chi connectivity index (χ2n) is 7.80. The number of esters is 1. The predicted molar refractivity (Wildman–Crippen MR) is 127 cm³/mol. The fourth-order valence-electron chi connectivity index (χ4n) is 3.72. The summed E-state index contributed by atoms with van der Waals surface area (Å²) in [6.07, 6.45) is 4.31. The van der Waals surface area contributed by atoms with E-state index in [2.05, 4.69) is 5.32 Å². The van der Waals surface area contributed by atoms with Crippen molar-refractivity contribution in [2.75, 3.05) is 33.9 Å². The van der Waals surface area contributed by atoms with Gasteiger partial charge in [-0.3, -0.25) is 14.4 Å². The van der Waals surface area contributed by atoms with E-state index in [4.69, 9.17) is 14.2 Å². The number of methoxy groups -OCH3 is 2. The quantitative estimate of drug-likeness (QED) is 0.329. The Balaban J connectivity index is 1.56. The molecule has 3 rings (SSSR count). The normalized spacial score (nSPS) is 15.6. The van der Waals surface area contributed by atoms with Crippen molar-refractivity contribution in [3.63, 3.8) is 0 Å². The number of rotatable bonds is 10. The Morgan fingerprint density at radius 3 is 2.59 bits per heavy atom. The van der Waals surface area contributed by atoms with Crippen LogP contribution in [0.2, 0.25) is 0 Å². The summed E-state index contributed by atoms with van der Waals surface area (Å²) in [6.45, 7) is 0.902. The Morgan fingerprint density at radius 1 is 1.09 bits per heavy atom. The number of benzene rings is 2. The van der Waals surface area contributed by atoms with Crippen LogP contribution in [0.4, 0.5) is 0 Å². The zero-order chi connectivity index (χ0) is 24.3. The van der Waals surface area contributed by atoms with Crippen LogP contribution in [0.1, 0.15) is 24.0 Å². The molecule has 8 nitrogen and oxygen atoms in total. The van der Waals surface area contributed by atoms with E-state index in [9.17, 15) is 14.4 Å². The molecule has 1 aliphatic heterocycles. The van der Waals surface area contributed by atoms with Crippen molar-refractivity contribution in [1.29, 1.82) is 0 Å². The lowest BCUT2D eigenvalue weighted by Gasteiger charge is -2.33. The summed E-state index contributed by atoms with van der Waals surface area (Å²) in [5.41, 5.74) is 1.91. The molecule has 1 atom stereocenters. The molecule has 180 valence electrons. The molecule has 0 bridgehead atoms. The maximum absolute atomic E-state index is 12.9. The number of piperazine rings is 1. The van der Waals surface area contributed by atoms with Gasteiger partial charge in [0.05, 0.1) is 27.2 Å². The first-order valence-electron chi connectivity index (χ1n) is 11.2. The number of amides is 2. The molecule has 8 heteroatoms. The number of carbonyl (C=O) groups excluding carboxylic acids is 3. The summed E-state index contributed by atoms with van der Waals surface area (Å²) < 4.78 is 15.8. The van der Waals surface area contributed by atoms with Crippen LogP contribution in [0.15, 0.2) is 54.6 Å². The zero-order valence-corrected chi connectivity index (χ0v) is 19.5. The van der Waals surface area contributed by atoms with Gasteiger partial charge < -0.3 is 24.4 Å². The van der Waals surface area contributed by atoms with E-state index < -0.39 is 12.0 Å². The van der Waals surface area contributed by atoms with E-state index in [1.807, 2.05) is 30.3 Å². The van der Waals surface area contributed by atoms with E-state index in [0.29, 0.717) is 31.0 Å². The van der Waals surface area contributed by atoms with Gasteiger partial charge in [-0.15, -0.1) is 0 Å². The molecular formula is C26H30N2O6. The highest BCUT2D eigenvalue weighted by Crippen LogP contribution is 2.28. The van der Waals surface area contributed by atoms with Crippen molar-refractivity contribution < 1.29 is 28.6 Å². The highest BCUT2D eigenvalue weighted by molar-refractivity contribution is 5.97. The van der Waals surface area contributed by atoms with Gasteiger partial charge in [0, 0.05) is 19.2 Å². The Bertz CT molecular complexity index is 1020. The Labute approximate surface area is 199 Å². The summed E-state index contributed by atoms with van der Waals surface area (Å²) in [7, 11) is 3.08. The summed E-state index contributed by atoms with van der Waals surface area (Å²) in [5.74, 6) is -0.0907. The van der Waals surface area contributed by atoms with Crippen molar-refractivity contribution in [2.24, 2.45) is 0 Å². The molecule has 1 aliphatic rings. The maximum Gasteiger partial charge on any atom is 0.308 e. The Morgan fingerprint density at radius 2 is 1.85 bits per heavy atom. The van der Waals surface area contributed by atoms with Gasteiger partial charge in [-0.05, 0) is 42.2 Å². The molecule has 2 amide bonds. The minimum atomic E-state index is -0.905. The molecule has 2 aromatic carbocycles. The summed E-state index contributed by atoms with van der Waals surface area (Å²) >= 11 is 0. The average Bonchev–Trinajstić information content (AvgIpc) is 2.86. The molecule has 0 spiro atoms. The van der Waals surface area contributed by atoms with Crippen LogP contribution in [0.5, 0.6) is 11.5 Å². The third-order valence-corrected chi connectivity index (χ3v) is 5.52. The van der Waals surface area contributed by atoms with Crippen LogP contribution in [0.25, 0.3) is 6.08 Å². The number of nitrogens with one attached hydrogen (secondary N) is 1. The Hall–Kier alpha value is -3.81. The van der Waals surface area contributed by atoms with Gasteiger partial charge in [0.1, 0.15) is 6.04 Å². The second kappa shape index (κ2) is 12.4. The standard InChI is InChI=1S/C26H30N2O6/c1-32-22-12-10-20(17-23(22)33-2)11-13-24(29)28-15-14-27-26(31)21(28)18-25(30)34-16-6-9-19-7-4-3-5-8-19/h3-5,7-8,10-13,17,21H,6,9,14-16,18H2,1-2H3,(H,27,31)/b13-11+. The van der Waals surface area contributed by atoms with Crippen molar-refractivity contribution in [3.8, 4) is 11.5 Å². The summed E-state index contributed by atoms with van der Waals surface area (Å²) in [4.78, 5) is 39.0. The smallest absolute Gasteiger partial charge is 0.308 e. The van der Waals surface area contributed by atoms with Crippen molar-refractivity contribution in [3.05, 3.63) is 65.7 Å². The molecule has 1 N–H and O–H groups in total. The predicted octanol–water partition coefficient (Wildman–Crippen LogP) is 2.61. The number of carbonyl (C=O) groups is 3.